The van der Waals surface area contributed by atoms with Crippen LogP contribution >= 0.6 is 0 Å². The molecule has 2 heterocycles. The predicted octanol–water partition coefficient (Wildman–Crippen LogP) is 2.31. The van der Waals surface area contributed by atoms with Gasteiger partial charge in [-0.15, -0.1) is 0 Å². The molecule has 0 fully saturated rings. The number of methoxy groups -OCH3 is 1. The fourth-order valence-corrected chi connectivity index (χ4v) is 2.62. The summed E-state index contributed by atoms with van der Waals surface area (Å²) < 4.78 is 6.75. The van der Waals surface area contributed by atoms with Gasteiger partial charge in [0.05, 0.1) is 20.3 Å². The van der Waals surface area contributed by atoms with Crippen molar-refractivity contribution in [3.05, 3.63) is 54.5 Å². The van der Waals surface area contributed by atoms with E-state index in [1.54, 1.807) is 41.5 Å². The zero-order chi connectivity index (χ0) is 17.8. The fourth-order valence-electron chi connectivity index (χ4n) is 2.62. The molecule has 3 aromatic rings. The zero-order valence-electron chi connectivity index (χ0n) is 13.6. The van der Waals surface area contributed by atoms with E-state index in [0.29, 0.717) is 23.6 Å². The number of aliphatic hydroxyl groups is 1. The Bertz CT molecular complexity index is 891. The van der Waals surface area contributed by atoms with Gasteiger partial charge in [-0.3, -0.25) is 9.67 Å². The second-order valence-electron chi connectivity index (χ2n) is 5.33. The van der Waals surface area contributed by atoms with Crippen LogP contribution in [0.3, 0.4) is 0 Å². The Morgan fingerprint density at radius 2 is 1.96 bits per heavy atom. The first-order chi connectivity index (χ1) is 12.1. The van der Waals surface area contributed by atoms with E-state index in [4.69, 9.17) is 4.74 Å². The summed E-state index contributed by atoms with van der Waals surface area (Å²) in [7, 11) is 1.43. The van der Waals surface area contributed by atoms with E-state index in [-0.39, 0.29) is 12.2 Å². The summed E-state index contributed by atoms with van der Waals surface area (Å²) in [6.45, 7) is 0.305. The van der Waals surface area contributed by atoms with E-state index < -0.39 is 5.97 Å². The molecule has 0 unspecified atom stereocenters. The lowest BCUT2D eigenvalue weighted by Crippen LogP contribution is -2.02. The van der Waals surface area contributed by atoms with Crippen molar-refractivity contribution in [3.63, 3.8) is 0 Å². The zero-order valence-corrected chi connectivity index (χ0v) is 13.6. The Hall–Kier alpha value is -3.19. The van der Waals surface area contributed by atoms with E-state index in [9.17, 15) is 15.0 Å². The molecule has 1 aromatic carbocycles. The molecule has 0 atom stereocenters. The molecule has 2 aromatic heterocycles. The highest BCUT2D eigenvalue weighted by molar-refractivity contribution is 5.93. The number of carbonyl (C=O) groups is 1. The minimum Gasteiger partial charge on any atom is -0.496 e. The summed E-state index contributed by atoms with van der Waals surface area (Å²) in [6.07, 6.45) is 5.13. The summed E-state index contributed by atoms with van der Waals surface area (Å²) in [5.74, 6) is -0.767. The normalized spacial score (nSPS) is 10.6. The number of nitrogens with zero attached hydrogens (tertiary/aromatic N) is 3. The molecule has 0 aliphatic carbocycles. The smallest absolute Gasteiger partial charge is 0.339 e. The van der Waals surface area contributed by atoms with Crippen LogP contribution in [0.25, 0.3) is 22.4 Å². The number of aromatic nitrogens is 3. The maximum Gasteiger partial charge on any atom is 0.339 e. The monoisotopic (exact) mass is 339 g/mol. The third-order valence-electron chi connectivity index (χ3n) is 3.79. The number of benzene rings is 1. The summed E-state index contributed by atoms with van der Waals surface area (Å²) in [6, 6.07) is 8.63. The third kappa shape index (κ3) is 3.36. The number of ether oxygens (including phenoxy) is 1. The molecule has 25 heavy (non-hydrogen) atoms. The van der Waals surface area contributed by atoms with Crippen LogP contribution in [0.1, 0.15) is 10.4 Å². The number of aromatic carboxylic acids is 1. The van der Waals surface area contributed by atoms with Gasteiger partial charge in [0.1, 0.15) is 17.0 Å². The lowest BCUT2D eigenvalue weighted by Gasteiger charge is -2.08. The summed E-state index contributed by atoms with van der Waals surface area (Å²) in [5.41, 5.74) is 3.10. The second kappa shape index (κ2) is 7.14. The standard InChI is InChI=1S/C18H17N3O4/c1-25-16-3-2-13(10-14(16)18(23)24)15-11-21(8-9-22)20-17(15)12-4-6-19-7-5-12/h2-7,10-11,22H,8-9H2,1H3,(H,23,24). The number of hydrogen-bond donors (Lipinski definition) is 2. The summed E-state index contributed by atoms with van der Waals surface area (Å²) in [4.78, 5) is 15.5. The molecular weight excluding hydrogens is 322 g/mol. The first kappa shape index (κ1) is 16.7. The number of carboxylic acids is 1. The van der Waals surface area contributed by atoms with Gasteiger partial charge in [0.15, 0.2) is 0 Å². The molecular formula is C18H17N3O4. The minimum absolute atomic E-state index is 0.0418. The maximum atomic E-state index is 11.5. The van der Waals surface area contributed by atoms with Crippen LogP contribution < -0.4 is 4.74 Å². The predicted molar refractivity (Wildman–Crippen MR) is 91.5 cm³/mol. The topological polar surface area (TPSA) is 97.5 Å². The minimum atomic E-state index is -1.06. The molecule has 7 heteroatoms. The van der Waals surface area contributed by atoms with E-state index in [1.165, 1.54) is 7.11 Å². The van der Waals surface area contributed by atoms with Crippen LogP contribution in [0.5, 0.6) is 5.75 Å². The Kier molecular flexibility index (Phi) is 4.76. The van der Waals surface area contributed by atoms with Crippen molar-refractivity contribution in [3.8, 4) is 28.1 Å². The van der Waals surface area contributed by atoms with Crippen LogP contribution in [0.4, 0.5) is 0 Å². The molecule has 2 N–H and O–H groups in total. The quantitative estimate of drug-likeness (QED) is 0.715. The molecule has 0 aliphatic heterocycles. The molecule has 0 saturated carbocycles. The molecule has 0 aliphatic rings. The number of aliphatic hydroxyl groups excluding tert-OH is 1. The fraction of sp³-hybridized carbons (Fsp3) is 0.167. The van der Waals surface area contributed by atoms with Gasteiger partial charge in [0, 0.05) is 29.7 Å². The Labute approximate surface area is 144 Å². The van der Waals surface area contributed by atoms with E-state index in [1.807, 2.05) is 12.1 Å². The highest BCUT2D eigenvalue weighted by Gasteiger charge is 2.17. The number of rotatable bonds is 6. The van der Waals surface area contributed by atoms with Gasteiger partial charge < -0.3 is 14.9 Å². The van der Waals surface area contributed by atoms with E-state index in [0.717, 1.165) is 11.1 Å². The first-order valence-electron chi connectivity index (χ1n) is 7.64. The van der Waals surface area contributed by atoms with Gasteiger partial charge in [0.2, 0.25) is 0 Å². The lowest BCUT2D eigenvalue weighted by atomic mass is 10.00. The maximum absolute atomic E-state index is 11.5. The molecule has 0 radical (unpaired) electrons. The van der Waals surface area contributed by atoms with E-state index >= 15 is 0 Å². The lowest BCUT2D eigenvalue weighted by molar-refractivity contribution is 0.0693. The van der Waals surface area contributed by atoms with Gasteiger partial charge in [-0.05, 0) is 29.8 Å². The summed E-state index contributed by atoms with van der Waals surface area (Å²) in [5, 5.41) is 23.1. The Morgan fingerprint density at radius 3 is 2.60 bits per heavy atom. The molecule has 128 valence electrons. The second-order valence-corrected chi connectivity index (χ2v) is 5.33. The van der Waals surface area contributed by atoms with Crippen LogP contribution in [0.15, 0.2) is 48.9 Å². The number of hydrogen-bond acceptors (Lipinski definition) is 5. The van der Waals surface area contributed by atoms with Crippen molar-refractivity contribution >= 4 is 5.97 Å². The molecule has 0 bridgehead atoms. The van der Waals surface area contributed by atoms with Gasteiger partial charge >= 0.3 is 5.97 Å². The highest BCUT2D eigenvalue weighted by atomic mass is 16.5. The van der Waals surface area contributed by atoms with Crippen molar-refractivity contribution in [1.82, 2.24) is 14.8 Å². The van der Waals surface area contributed by atoms with Crippen LogP contribution in [-0.4, -0.2) is 44.7 Å². The molecule has 0 spiro atoms. The third-order valence-corrected chi connectivity index (χ3v) is 3.79. The van der Waals surface area contributed by atoms with Crippen LogP contribution in [0, 0.1) is 0 Å². The summed E-state index contributed by atoms with van der Waals surface area (Å²) >= 11 is 0. The van der Waals surface area contributed by atoms with Gasteiger partial charge in [-0.1, -0.05) is 6.07 Å². The Balaban J connectivity index is 2.16. The van der Waals surface area contributed by atoms with Crippen molar-refractivity contribution < 1.29 is 19.7 Å². The van der Waals surface area contributed by atoms with Crippen molar-refractivity contribution in [2.45, 2.75) is 6.54 Å². The van der Waals surface area contributed by atoms with Gasteiger partial charge in [0.25, 0.3) is 0 Å². The molecule has 0 saturated heterocycles. The van der Waals surface area contributed by atoms with E-state index in [2.05, 4.69) is 10.1 Å². The molecule has 3 rings (SSSR count). The average molecular weight is 339 g/mol. The number of carboxylic acid groups (broad SMARTS) is 1. The van der Waals surface area contributed by atoms with Gasteiger partial charge in [-0.25, -0.2) is 4.79 Å². The largest absolute Gasteiger partial charge is 0.496 e. The van der Waals surface area contributed by atoms with Crippen molar-refractivity contribution in [2.75, 3.05) is 13.7 Å². The number of pyridine rings is 1. The first-order valence-corrected chi connectivity index (χ1v) is 7.64. The van der Waals surface area contributed by atoms with Crippen LogP contribution in [-0.2, 0) is 6.54 Å². The van der Waals surface area contributed by atoms with Crippen molar-refractivity contribution in [1.29, 1.82) is 0 Å². The van der Waals surface area contributed by atoms with Crippen molar-refractivity contribution in [2.24, 2.45) is 0 Å². The van der Waals surface area contributed by atoms with Crippen LogP contribution in [0.2, 0.25) is 0 Å². The Morgan fingerprint density at radius 1 is 1.20 bits per heavy atom. The average Bonchev–Trinajstić information content (AvgIpc) is 3.06. The molecule has 0 amide bonds. The van der Waals surface area contributed by atoms with Gasteiger partial charge in [-0.2, -0.15) is 5.10 Å². The SMILES string of the molecule is COc1ccc(-c2cn(CCO)nc2-c2ccncc2)cc1C(=O)O. The molecule has 7 nitrogen and oxygen atoms in total. The highest BCUT2D eigenvalue weighted by Crippen LogP contribution is 2.33.